The van der Waals surface area contributed by atoms with Crippen molar-refractivity contribution in [3.8, 4) is 0 Å². The number of quaternary nitrogens is 1. The maximum atomic E-state index is 2.44. The lowest BCUT2D eigenvalue weighted by Gasteiger charge is -2.45. The van der Waals surface area contributed by atoms with Crippen molar-refractivity contribution >= 4 is 36.5 Å². The van der Waals surface area contributed by atoms with Crippen LogP contribution in [0.25, 0.3) is 0 Å². The fourth-order valence-electron chi connectivity index (χ4n) is 7.02. The number of aryl methyl sites for hydroxylation is 8. The molecular formula is C40H48AlN. The zero-order valence-electron chi connectivity index (χ0n) is 27.4. The third-order valence-electron chi connectivity index (χ3n) is 8.92. The highest BCUT2D eigenvalue weighted by atomic mass is 27.2. The van der Waals surface area contributed by atoms with Gasteiger partial charge in [-0.1, -0.05) is 111 Å². The summed E-state index contributed by atoms with van der Waals surface area (Å²) in [6.07, 6.45) is 0. The van der Waals surface area contributed by atoms with Gasteiger partial charge in [0.1, 0.15) is 5.69 Å². The van der Waals surface area contributed by atoms with Crippen LogP contribution in [0.15, 0.2) is 103 Å². The third-order valence-corrected chi connectivity index (χ3v) is 15.2. The standard InChI is InChI=1S/C8H11N.4C8H9.Al/c1-9(2)8-6-4-3-5-7-8;4*1-7-4-3-5-8(2)6-7;/h3-7H,1-2H3;4*3-4,6H,1-2H3;/q;;;;;-1/p+1. The maximum Gasteiger partial charge on any atom is 0.268 e. The summed E-state index contributed by atoms with van der Waals surface area (Å²) in [5.74, 6) is 0. The molecule has 1 N–H and O–H groups in total. The van der Waals surface area contributed by atoms with E-state index in [0.29, 0.717) is 0 Å². The van der Waals surface area contributed by atoms with Crippen molar-refractivity contribution < 1.29 is 4.90 Å². The Balaban J connectivity index is 0.000000385. The normalized spacial score (nSPS) is 11.3. The fraction of sp³-hybridized carbons (Fsp3) is 0.250. The Hall–Kier alpha value is -3.41. The quantitative estimate of drug-likeness (QED) is 0.248. The summed E-state index contributed by atoms with van der Waals surface area (Å²) < 4.78 is 6.11. The largest absolute Gasteiger partial charge is 0.307 e. The highest BCUT2D eigenvalue weighted by molar-refractivity contribution is 7.20. The second-order valence-corrected chi connectivity index (χ2v) is 16.9. The Kier molecular flexibility index (Phi) is 9.96. The van der Waals surface area contributed by atoms with E-state index in [9.17, 15) is 0 Å². The van der Waals surface area contributed by atoms with Gasteiger partial charge in [0, 0.05) is 0 Å². The molecule has 5 aromatic carbocycles. The summed E-state index contributed by atoms with van der Waals surface area (Å²) in [5, 5.41) is 0. The molecule has 216 valence electrons. The van der Waals surface area contributed by atoms with Crippen LogP contribution in [-0.2, 0) is 0 Å². The van der Waals surface area contributed by atoms with E-state index < -0.39 is 13.1 Å². The molecule has 5 aromatic rings. The van der Waals surface area contributed by atoms with Crippen LogP contribution < -0.4 is 22.6 Å². The Morgan fingerprint density at radius 2 is 0.667 bits per heavy atom. The van der Waals surface area contributed by atoms with Gasteiger partial charge in [-0.2, -0.15) is 0 Å². The predicted octanol–water partition coefficient (Wildman–Crippen LogP) is 5.99. The lowest BCUT2D eigenvalue weighted by molar-refractivity contribution is -0.786. The van der Waals surface area contributed by atoms with Crippen molar-refractivity contribution in [3.63, 3.8) is 0 Å². The number of hydrogen-bond donors (Lipinski definition) is 1. The van der Waals surface area contributed by atoms with Crippen molar-refractivity contribution in [2.24, 2.45) is 0 Å². The molecule has 5 rings (SSSR count). The summed E-state index contributed by atoms with van der Waals surface area (Å²) in [5.41, 5.74) is 12.2. The van der Waals surface area contributed by atoms with Crippen LogP contribution in [0.4, 0.5) is 5.69 Å². The minimum Gasteiger partial charge on any atom is -0.307 e. The van der Waals surface area contributed by atoms with E-state index in [1.165, 1.54) is 72.8 Å². The number of rotatable bonds is 5. The molecule has 0 aromatic heterocycles. The Bertz CT molecular complexity index is 1470. The van der Waals surface area contributed by atoms with Crippen molar-refractivity contribution in [1.29, 1.82) is 0 Å². The summed E-state index contributed by atoms with van der Waals surface area (Å²) in [4.78, 5) is 1.37. The van der Waals surface area contributed by atoms with Gasteiger partial charge in [0.2, 0.25) is 0 Å². The molecule has 0 atom stereocenters. The first kappa shape index (κ1) is 31.5. The molecule has 0 heterocycles. The van der Waals surface area contributed by atoms with Crippen LogP contribution in [0, 0.1) is 55.4 Å². The Morgan fingerprint density at radius 1 is 0.381 bits per heavy atom. The van der Waals surface area contributed by atoms with Crippen LogP contribution in [0.1, 0.15) is 44.5 Å². The number of nitrogens with one attached hydrogen (secondary N) is 1. The number of benzene rings is 5. The average Bonchev–Trinajstić information content (AvgIpc) is 2.93. The fourth-order valence-corrected chi connectivity index (χ4v) is 13.6. The maximum absolute atomic E-state index is 3.00. The Labute approximate surface area is 257 Å². The van der Waals surface area contributed by atoms with Gasteiger partial charge in [-0.05, 0) is 67.5 Å². The van der Waals surface area contributed by atoms with Gasteiger partial charge in [0.05, 0.1) is 14.1 Å². The van der Waals surface area contributed by atoms with Crippen molar-refractivity contribution in [2.45, 2.75) is 55.4 Å². The summed E-state index contributed by atoms with van der Waals surface area (Å²) in [6.45, 7) is 18.1. The molecule has 0 spiro atoms. The van der Waals surface area contributed by atoms with Gasteiger partial charge in [-0.25, -0.2) is 17.7 Å². The molecule has 0 fully saturated rings. The first-order chi connectivity index (χ1) is 19.9. The van der Waals surface area contributed by atoms with E-state index in [0.717, 1.165) is 0 Å². The van der Waals surface area contributed by atoms with E-state index in [-0.39, 0.29) is 0 Å². The van der Waals surface area contributed by atoms with E-state index in [1.54, 1.807) is 0 Å². The third kappa shape index (κ3) is 6.48. The van der Waals surface area contributed by atoms with Crippen molar-refractivity contribution in [2.75, 3.05) is 14.1 Å². The molecule has 0 radical (unpaired) electrons. The van der Waals surface area contributed by atoms with Crippen LogP contribution in [0.3, 0.4) is 0 Å². The van der Waals surface area contributed by atoms with E-state index in [4.69, 9.17) is 0 Å². The van der Waals surface area contributed by atoms with Crippen LogP contribution in [-0.4, -0.2) is 27.2 Å². The first-order valence-electron chi connectivity index (χ1n) is 15.3. The van der Waals surface area contributed by atoms with Gasteiger partial charge in [-0.3, -0.25) is 0 Å². The number of para-hydroxylation sites is 1. The highest BCUT2D eigenvalue weighted by Gasteiger charge is 2.40. The van der Waals surface area contributed by atoms with E-state index in [2.05, 4.69) is 167 Å². The lowest BCUT2D eigenvalue weighted by atomic mass is 10.1. The summed E-state index contributed by atoms with van der Waals surface area (Å²) >= 11 is -3.00. The van der Waals surface area contributed by atoms with Gasteiger partial charge in [0.15, 0.2) is 0 Å². The van der Waals surface area contributed by atoms with Gasteiger partial charge >= 0.3 is 0 Å². The van der Waals surface area contributed by atoms with E-state index >= 15 is 0 Å². The topological polar surface area (TPSA) is 4.44 Å². The van der Waals surface area contributed by atoms with Gasteiger partial charge < -0.3 is 4.90 Å². The second-order valence-electron chi connectivity index (χ2n) is 12.7. The minimum absolute atomic E-state index is 1.32. The zero-order chi connectivity index (χ0) is 30.6. The van der Waals surface area contributed by atoms with E-state index in [1.807, 2.05) is 6.07 Å². The molecule has 0 aliphatic heterocycles. The minimum atomic E-state index is -3.00. The first-order valence-corrected chi connectivity index (χ1v) is 17.6. The second kappa shape index (κ2) is 13.3. The van der Waals surface area contributed by atoms with Crippen LogP contribution >= 0.6 is 0 Å². The van der Waals surface area contributed by atoms with Crippen LogP contribution in [0.5, 0.6) is 0 Å². The van der Waals surface area contributed by atoms with Gasteiger partial charge in [-0.15, -0.1) is 24.3 Å². The van der Waals surface area contributed by atoms with Crippen molar-refractivity contribution in [1.82, 2.24) is 0 Å². The molecule has 0 saturated heterocycles. The zero-order valence-corrected chi connectivity index (χ0v) is 28.5. The molecule has 42 heavy (non-hydrogen) atoms. The van der Waals surface area contributed by atoms with Gasteiger partial charge in [0.25, 0.3) is 13.1 Å². The molecular weight excluding hydrogens is 521 g/mol. The SMILES string of the molecule is C[NH+](C)c1ccccc1.Cc1cc[c]([Al-]([c]2ccc(C)cc2C)([c]2ccc(C)cc2C)[c]2ccc(C)cc2C)c(C)c1. The average molecular weight is 570 g/mol. The summed E-state index contributed by atoms with van der Waals surface area (Å²) in [6, 6.07) is 38.9. The molecule has 0 aliphatic carbocycles. The van der Waals surface area contributed by atoms with Crippen LogP contribution in [0.2, 0.25) is 0 Å². The van der Waals surface area contributed by atoms with Crippen molar-refractivity contribution in [3.05, 3.63) is 148 Å². The molecule has 0 amide bonds. The molecule has 0 aliphatic rings. The summed E-state index contributed by atoms with van der Waals surface area (Å²) in [7, 11) is 4.24. The molecule has 1 nitrogen and oxygen atoms in total. The Morgan fingerprint density at radius 3 is 0.881 bits per heavy atom. The highest BCUT2D eigenvalue weighted by Crippen LogP contribution is 2.19. The predicted molar refractivity (Wildman–Crippen MR) is 187 cm³/mol. The smallest absolute Gasteiger partial charge is 0.268 e. The molecule has 0 unspecified atom stereocenters. The monoisotopic (exact) mass is 569 g/mol. The molecule has 0 bridgehead atoms. The molecule has 0 saturated carbocycles. The lowest BCUT2D eigenvalue weighted by Crippen LogP contribution is -3.00. The molecule has 2 heteroatoms. The number of hydrogen-bond acceptors (Lipinski definition) is 0.